The fourth-order valence-corrected chi connectivity index (χ4v) is 6.46. The molecule has 31 heavy (non-hydrogen) atoms. The number of hydrogen-bond acceptors (Lipinski definition) is 8. The number of carbonyl (C=O) groups is 2. The Labute approximate surface area is 179 Å². The fourth-order valence-electron chi connectivity index (χ4n) is 6.46. The summed E-state index contributed by atoms with van der Waals surface area (Å²) >= 11 is 0. The summed E-state index contributed by atoms with van der Waals surface area (Å²) in [6.07, 6.45) is 3.88. The van der Waals surface area contributed by atoms with E-state index in [0.717, 1.165) is 11.1 Å². The molecule has 3 heterocycles. The molecule has 1 aromatic heterocycles. The molecule has 7 atom stereocenters. The zero-order chi connectivity index (χ0) is 22.0. The number of methoxy groups -OCH3 is 1. The first-order valence-corrected chi connectivity index (χ1v) is 10.5. The highest BCUT2D eigenvalue weighted by Crippen LogP contribution is 2.71. The second-order valence-corrected chi connectivity index (χ2v) is 8.82. The maximum absolute atomic E-state index is 12.9. The Bertz CT molecular complexity index is 949. The molecule has 0 aromatic carbocycles. The first-order valence-electron chi connectivity index (χ1n) is 10.5. The van der Waals surface area contributed by atoms with Crippen molar-refractivity contribution in [2.45, 2.75) is 57.4 Å². The minimum absolute atomic E-state index is 0.282. The van der Waals surface area contributed by atoms with E-state index in [1.807, 2.05) is 6.07 Å². The minimum atomic E-state index is -1.41. The average molecular weight is 430 g/mol. The van der Waals surface area contributed by atoms with Gasteiger partial charge in [-0.25, -0.2) is 4.79 Å². The Morgan fingerprint density at radius 2 is 2.13 bits per heavy atom. The van der Waals surface area contributed by atoms with Crippen LogP contribution in [0.5, 0.6) is 0 Å². The summed E-state index contributed by atoms with van der Waals surface area (Å²) in [5, 5.41) is 11.4. The second kappa shape index (κ2) is 7.05. The Kier molecular flexibility index (Phi) is 4.66. The highest BCUT2D eigenvalue weighted by atomic mass is 16.7. The molecule has 2 aliphatic heterocycles. The van der Waals surface area contributed by atoms with Crippen molar-refractivity contribution in [2.24, 2.45) is 16.7 Å². The van der Waals surface area contributed by atoms with E-state index in [2.05, 4.69) is 6.58 Å². The molecular formula is C23H26O8. The van der Waals surface area contributed by atoms with Crippen LogP contribution in [0.4, 0.5) is 0 Å². The van der Waals surface area contributed by atoms with Crippen molar-refractivity contribution in [3.8, 4) is 0 Å². The van der Waals surface area contributed by atoms with Crippen LogP contribution in [0.25, 0.3) is 0 Å². The SMILES string of the molecule is C=C1CC(OC(C)=O)C23C(C(=O)OC)=CCCC2C12CC(c1ccoc1)OC2OC3O. The molecule has 1 spiro atoms. The van der Waals surface area contributed by atoms with Crippen LogP contribution in [0.1, 0.15) is 44.3 Å². The third-order valence-corrected chi connectivity index (χ3v) is 7.61. The monoisotopic (exact) mass is 430 g/mol. The number of aliphatic hydroxyl groups excluding tert-OH is 1. The molecule has 0 radical (unpaired) electrons. The van der Waals surface area contributed by atoms with Crippen molar-refractivity contribution in [1.82, 2.24) is 0 Å². The zero-order valence-electron chi connectivity index (χ0n) is 17.5. The summed E-state index contributed by atoms with van der Waals surface area (Å²) in [5.41, 5.74) is 0.103. The standard InChI is InChI=1S/C23H26O8/c1-12-9-18(29-13(2)24)23-15(19(25)27-3)5-4-6-17(23)22(12)10-16(14-7-8-28-11-14)30-21(22)31-20(23)26/h5,7-8,11,16-18,20-21,26H,1,4,6,9-10H2,2-3H3. The van der Waals surface area contributed by atoms with Gasteiger partial charge in [-0.2, -0.15) is 0 Å². The van der Waals surface area contributed by atoms with Gasteiger partial charge in [0.1, 0.15) is 6.10 Å². The Hall–Kier alpha value is -2.42. The van der Waals surface area contributed by atoms with Crippen molar-refractivity contribution in [3.05, 3.63) is 48.0 Å². The predicted octanol–water partition coefficient (Wildman–Crippen LogP) is 2.79. The van der Waals surface area contributed by atoms with Gasteiger partial charge in [-0.05, 0) is 31.2 Å². The average Bonchev–Trinajstić information content (AvgIpc) is 3.39. The first kappa shape index (κ1) is 20.5. The molecule has 8 nitrogen and oxygen atoms in total. The molecule has 166 valence electrons. The lowest BCUT2D eigenvalue weighted by molar-refractivity contribution is -0.355. The number of aliphatic hydroxyl groups is 1. The summed E-state index contributed by atoms with van der Waals surface area (Å²) < 4.78 is 28.3. The summed E-state index contributed by atoms with van der Waals surface area (Å²) in [7, 11) is 1.30. The second-order valence-electron chi connectivity index (χ2n) is 8.82. The quantitative estimate of drug-likeness (QED) is 0.577. The number of rotatable bonds is 3. The Morgan fingerprint density at radius 3 is 2.81 bits per heavy atom. The molecule has 2 aliphatic carbocycles. The van der Waals surface area contributed by atoms with Gasteiger partial charge < -0.3 is 28.5 Å². The van der Waals surface area contributed by atoms with Crippen molar-refractivity contribution in [3.63, 3.8) is 0 Å². The van der Waals surface area contributed by atoms with Gasteiger partial charge in [0, 0.05) is 29.9 Å². The molecule has 8 heteroatoms. The highest BCUT2D eigenvalue weighted by molar-refractivity contribution is 5.91. The van der Waals surface area contributed by atoms with Gasteiger partial charge >= 0.3 is 11.9 Å². The number of allylic oxidation sites excluding steroid dienone is 1. The van der Waals surface area contributed by atoms with Crippen molar-refractivity contribution >= 4 is 11.9 Å². The summed E-state index contributed by atoms with van der Waals surface area (Å²) in [5.74, 6) is -1.34. The summed E-state index contributed by atoms with van der Waals surface area (Å²) in [6, 6.07) is 1.84. The summed E-state index contributed by atoms with van der Waals surface area (Å²) in [6.45, 7) is 5.67. The summed E-state index contributed by atoms with van der Waals surface area (Å²) in [4.78, 5) is 24.8. The predicted molar refractivity (Wildman–Crippen MR) is 105 cm³/mol. The van der Waals surface area contributed by atoms with Crippen molar-refractivity contribution in [2.75, 3.05) is 7.11 Å². The Morgan fingerprint density at radius 1 is 1.32 bits per heavy atom. The first-order chi connectivity index (χ1) is 14.9. The normalized spacial score (nSPS) is 41.1. The van der Waals surface area contributed by atoms with Gasteiger partial charge in [0.25, 0.3) is 0 Å². The molecule has 2 bridgehead atoms. The van der Waals surface area contributed by atoms with E-state index in [9.17, 15) is 14.7 Å². The van der Waals surface area contributed by atoms with E-state index in [4.69, 9.17) is 23.4 Å². The number of esters is 2. The molecule has 1 aromatic rings. The smallest absolute Gasteiger partial charge is 0.334 e. The Balaban J connectivity index is 1.67. The number of ether oxygens (including phenoxy) is 4. The molecular weight excluding hydrogens is 404 g/mol. The number of hydrogen-bond donors (Lipinski definition) is 1. The minimum Gasteiger partial charge on any atom is -0.472 e. The van der Waals surface area contributed by atoms with E-state index >= 15 is 0 Å². The van der Waals surface area contributed by atoms with Crippen LogP contribution >= 0.6 is 0 Å². The lowest BCUT2D eigenvalue weighted by atomic mass is 9.44. The lowest BCUT2D eigenvalue weighted by Crippen LogP contribution is -2.70. The lowest BCUT2D eigenvalue weighted by Gasteiger charge is -2.64. The van der Waals surface area contributed by atoms with E-state index in [1.54, 1.807) is 18.6 Å². The van der Waals surface area contributed by atoms with Crippen LogP contribution in [0, 0.1) is 16.7 Å². The topological polar surface area (TPSA) is 104 Å². The van der Waals surface area contributed by atoms with Gasteiger partial charge in [-0.3, -0.25) is 4.79 Å². The van der Waals surface area contributed by atoms with Crippen molar-refractivity contribution < 1.29 is 38.1 Å². The largest absolute Gasteiger partial charge is 0.472 e. The fraction of sp³-hybridized carbons (Fsp3) is 0.565. The molecule has 5 rings (SSSR count). The number of carbonyl (C=O) groups excluding carboxylic acids is 2. The van der Waals surface area contributed by atoms with Crippen LogP contribution in [-0.2, 0) is 28.5 Å². The van der Waals surface area contributed by atoms with Crippen LogP contribution in [0.15, 0.2) is 46.8 Å². The van der Waals surface area contributed by atoms with E-state index in [-0.39, 0.29) is 12.0 Å². The van der Waals surface area contributed by atoms with Gasteiger partial charge in [0.2, 0.25) is 0 Å². The molecule has 1 N–H and O–H groups in total. The maximum Gasteiger partial charge on any atom is 0.334 e. The van der Waals surface area contributed by atoms with Crippen LogP contribution < -0.4 is 0 Å². The van der Waals surface area contributed by atoms with Gasteiger partial charge in [-0.15, -0.1) is 0 Å². The third kappa shape index (κ3) is 2.58. The van der Waals surface area contributed by atoms with Crippen LogP contribution in [0.3, 0.4) is 0 Å². The molecule has 7 unspecified atom stereocenters. The van der Waals surface area contributed by atoms with Crippen LogP contribution in [0.2, 0.25) is 0 Å². The molecule has 1 saturated carbocycles. The molecule has 2 saturated heterocycles. The van der Waals surface area contributed by atoms with Gasteiger partial charge in [0.15, 0.2) is 12.6 Å². The van der Waals surface area contributed by atoms with E-state index < -0.39 is 41.5 Å². The highest BCUT2D eigenvalue weighted by Gasteiger charge is 2.75. The third-order valence-electron chi connectivity index (χ3n) is 7.61. The maximum atomic E-state index is 12.9. The van der Waals surface area contributed by atoms with Gasteiger partial charge in [0.05, 0.1) is 31.2 Å². The molecule has 0 amide bonds. The zero-order valence-corrected chi connectivity index (χ0v) is 17.5. The molecule has 3 fully saturated rings. The van der Waals surface area contributed by atoms with Gasteiger partial charge in [-0.1, -0.05) is 18.2 Å². The molecule has 4 aliphatic rings. The van der Waals surface area contributed by atoms with E-state index in [0.29, 0.717) is 31.3 Å². The van der Waals surface area contributed by atoms with Crippen LogP contribution in [-0.4, -0.2) is 42.8 Å². The van der Waals surface area contributed by atoms with E-state index in [1.165, 1.54) is 14.0 Å². The van der Waals surface area contributed by atoms with Crippen molar-refractivity contribution in [1.29, 1.82) is 0 Å². The number of furan rings is 1.